The van der Waals surface area contributed by atoms with Crippen molar-refractivity contribution >= 4 is 5.91 Å². The quantitative estimate of drug-likeness (QED) is 0.758. The lowest BCUT2D eigenvalue weighted by Gasteiger charge is -2.14. The summed E-state index contributed by atoms with van der Waals surface area (Å²) in [6.45, 7) is 1.89. The van der Waals surface area contributed by atoms with Crippen molar-refractivity contribution in [2.75, 3.05) is 13.1 Å². The Hall–Kier alpha value is -1.35. The minimum Gasteiger partial charge on any atom is -0.412 e. The van der Waals surface area contributed by atoms with Crippen LogP contribution in [0.2, 0.25) is 0 Å². The molecule has 16 heavy (non-hydrogen) atoms. The number of rotatable bonds is 4. The van der Waals surface area contributed by atoms with Crippen LogP contribution >= 0.6 is 0 Å². The minimum absolute atomic E-state index is 0. The van der Waals surface area contributed by atoms with Crippen LogP contribution in [0.15, 0.2) is 30.3 Å². The van der Waals surface area contributed by atoms with Crippen molar-refractivity contribution in [1.29, 1.82) is 0 Å². The third-order valence-corrected chi connectivity index (χ3v) is 2.91. The molecule has 1 aliphatic rings. The lowest BCUT2D eigenvalue weighted by Crippen LogP contribution is -2.25. The molecule has 1 aromatic carbocycles. The maximum Gasteiger partial charge on any atom is 0.222 e. The van der Waals surface area contributed by atoms with Crippen molar-refractivity contribution in [3.8, 4) is 0 Å². The molecule has 1 aromatic rings. The van der Waals surface area contributed by atoms with Crippen molar-refractivity contribution in [2.24, 2.45) is 0 Å². The molecule has 0 radical (unpaired) electrons. The Kier molecular flexibility index (Phi) is 4.99. The minimum atomic E-state index is 0. The van der Waals surface area contributed by atoms with E-state index in [0.29, 0.717) is 5.91 Å². The van der Waals surface area contributed by atoms with E-state index in [1.165, 1.54) is 5.56 Å². The van der Waals surface area contributed by atoms with E-state index in [1.54, 1.807) is 0 Å². The molecule has 2 N–H and O–H groups in total. The Morgan fingerprint density at radius 2 is 1.94 bits per heavy atom. The Morgan fingerprint density at radius 1 is 1.19 bits per heavy atom. The molecule has 0 atom stereocenters. The summed E-state index contributed by atoms with van der Waals surface area (Å²) < 4.78 is 0. The van der Waals surface area contributed by atoms with Crippen molar-refractivity contribution in [3.63, 3.8) is 0 Å². The van der Waals surface area contributed by atoms with Gasteiger partial charge in [-0.05, 0) is 24.8 Å². The van der Waals surface area contributed by atoms with Gasteiger partial charge in [0.05, 0.1) is 0 Å². The predicted octanol–water partition coefficient (Wildman–Crippen LogP) is 1.42. The van der Waals surface area contributed by atoms with Gasteiger partial charge in [-0.15, -0.1) is 0 Å². The van der Waals surface area contributed by atoms with Gasteiger partial charge in [-0.25, -0.2) is 0 Å². The van der Waals surface area contributed by atoms with Gasteiger partial charge < -0.3 is 10.4 Å². The smallest absolute Gasteiger partial charge is 0.222 e. The van der Waals surface area contributed by atoms with E-state index in [-0.39, 0.29) is 5.48 Å². The fourth-order valence-corrected chi connectivity index (χ4v) is 2.06. The molecule has 88 valence electrons. The first-order valence-corrected chi connectivity index (χ1v) is 5.68. The van der Waals surface area contributed by atoms with Crippen molar-refractivity contribution < 1.29 is 10.3 Å². The number of carbonyl (C=O) groups is 1. The van der Waals surface area contributed by atoms with E-state index in [2.05, 4.69) is 24.3 Å². The second-order valence-electron chi connectivity index (χ2n) is 4.07. The number of carbonyl (C=O) groups excluding carboxylic acids is 1. The van der Waals surface area contributed by atoms with Gasteiger partial charge in [0, 0.05) is 19.5 Å². The largest absolute Gasteiger partial charge is 0.412 e. The van der Waals surface area contributed by atoms with Crippen LogP contribution < -0.4 is 0 Å². The number of likely N-dealkylation sites (tertiary alicyclic amines) is 1. The van der Waals surface area contributed by atoms with Crippen LogP contribution in [0, 0.1) is 0 Å². The third-order valence-electron chi connectivity index (χ3n) is 2.91. The van der Waals surface area contributed by atoms with E-state index >= 15 is 0 Å². The SMILES string of the molecule is O.O=C1CCCN1CCCc1ccccc1. The van der Waals surface area contributed by atoms with Crippen molar-refractivity contribution in [3.05, 3.63) is 35.9 Å². The molecule has 0 aromatic heterocycles. The topological polar surface area (TPSA) is 51.8 Å². The first kappa shape index (κ1) is 12.7. The predicted molar refractivity (Wildman–Crippen MR) is 64.2 cm³/mol. The third kappa shape index (κ3) is 3.35. The Morgan fingerprint density at radius 3 is 2.56 bits per heavy atom. The van der Waals surface area contributed by atoms with Crippen LogP contribution in [-0.4, -0.2) is 29.4 Å². The molecular formula is C13H19NO2. The van der Waals surface area contributed by atoms with Crippen LogP contribution in [0.25, 0.3) is 0 Å². The van der Waals surface area contributed by atoms with Crippen molar-refractivity contribution in [2.45, 2.75) is 25.7 Å². The van der Waals surface area contributed by atoms with Gasteiger partial charge in [0.1, 0.15) is 0 Å². The van der Waals surface area contributed by atoms with E-state index < -0.39 is 0 Å². The average Bonchev–Trinajstić information content (AvgIpc) is 2.66. The Labute approximate surface area is 96.4 Å². The number of hydrogen-bond donors (Lipinski definition) is 0. The molecule has 3 nitrogen and oxygen atoms in total. The summed E-state index contributed by atoms with van der Waals surface area (Å²) in [7, 11) is 0. The van der Waals surface area contributed by atoms with Gasteiger partial charge in [0.15, 0.2) is 0 Å². The second-order valence-corrected chi connectivity index (χ2v) is 4.07. The standard InChI is InChI=1S/C13H17NO.H2O/c15-13-9-5-11-14(13)10-4-8-12-6-2-1-3-7-12;/h1-3,6-7H,4-5,8-11H2;1H2. The summed E-state index contributed by atoms with van der Waals surface area (Å²) in [5, 5.41) is 0. The number of benzene rings is 1. The molecule has 1 saturated heterocycles. The summed E-state index contributed by atoms with van der Waals surface area (Å²) >= 11 is 0. The number of hydrogen-bond acceptors (Lipinski definition) is 1. The normalized spacial score (nSPS) is 15.0. The molecular weight excluding hydrogens is 202 g/mol. The lowest BCUT2D eigenvalue weighted by atomic mass is 10.1. The zero-order chi connectivity index (χ0) is 10.5. The molecule has 0 bridgehead atoms. The van der Waals surface area contributed by atoms with Gasteiger partial charge in [-0.2, -0.15) is 0 Å². The van der Waals surface area contributed by atoms with E-state index in [0.717, 1.165) is 38.8 Å². The molecule has 1 amide bonds. The summed E-state index contributed by atoms with van der Waals surface area (Å²) in [4.78, 5) is 13.3. The Balaban J connectivity index is 0.00000128. The van der Waals surface area contributed by atoms with E-state index in [9.17, 15) is 4.79 Å². The summed E-state index contributed by atoms with van der Waals surface area (Å²) in [6.07, 6.45) is 3.95. The fourth-order valence-electron chi connectivity index (χ4n) is 2.06. The van der Waals surface area contributed by atoms with Crippen LogP contribution in [-0.2, 0) is 11.2 Å². The summed E-state index contributed by atoms with van der Waals surface area (Å²) in [5.41, 5.74) is 1.36. The molecule has 0 saturated carbocycles. The highest BCUT2D eigenvalue weighted by Crippen LogP contribution is 2.11. The lowest BCUT2D eigenvalue weighted by molar-refractivity contribution is -0.127. The zero-order valence-corrected chi connectivity index (χ0v) is 9.48. The molecule has 0 aliphatic carbocycles. The van der Waals surface area contributed by atoms with Crippen LogP contribution in [0.1, 0.15) is 24.8 Å². The summed E-state index contributed by atoms with van der Waals surface area (Å²) in [5.74, 6) is 0.336. The molecule has 0 unspecified atom stereocenters. The first-order chi connectivity index (χ1) is 7.36. The highest BCUT2D eigenvalue weighted by atomic mass is 16.2. The summed E-state index contributed by atoms with van der Waals surface area (Å²) in [6, 6.07) is 10.5. The number of nitrogens with zero attached hydrogens (tertiary/aromatic N) is 1. The molecule has 1 fully saturated rings. The van der Waals surface area contributed by atoms with Crippen LogP contribution in [0.3, 0.4) is 0 Å². The number of aryl methyl sites for hydroxylation is 1. The van der Waals surface area contributed by atoms with Gasteiger partial charge >= 0.3 is 0 Å². The van der Waals surface area contributed by atoms with E-state index in [1.807, 2.05) is 11.0 Å². The van der Waals surface area contributed by atoms with Gasteiger partial charge in [-0.3, -0.25) is 4.79 Å². The van der Waals surface area contributed by atoms with Gasteiger partial charge in [-0.1, -0.05) is 30.3 Å². The monoisotopic (exact) mass is 221 g/mol. The maximum absolute atomic E-state index is 11.3. The molecule has 2 rings (SSSR count). The van der Waals surface area contributed by atoms with Crippen LogP contribution in [0.5, 0.6) is 0 Å². The highest BCUT2D eigenvalue weighted by Gasteiger charge is 2.18. The molecule has 1 aliphatic heterocycles. The Bertz CT molecular complexity index is 324. The maximum atomic E-state index is 11.3. The fraction of sp³-hybridized carbons (Fsp3) is 0.462. The van der Waals surface area contributed by atoms with Crippen LogP contribution in [0.4, 0.5) is 0 Å². The van der Waals surface area contributed by atoms with Gasteiger partial charge in [0.2, 0.25) is 5.91 Å². The molecule has 3 heteroatoms. The molecule has 1 heterocycles. The van der Waals surface area contributed by atoms with Crippen molar-refractivity contribution in [1.82, 2.24) is 4.90 Å². The van der Waals surface area contributed by atoms with Gasteiger partial charge in [0.25, 0.3) is 0 Å². The zero-order valence-electron chi connectivity index (χ0n) is 9.48. The molecule has 0 spiro atoms. The average molecular weight is 221 g/mol. The number of amides is 1. The first-order valence-electron chi connectivity index (χ1n) is 5.68. The van der Waals surface area contributed by atoms with E-state index in [4.69, 9.17) is 0 Å². The highest BCUT2D eigenvalue weighted by molar-refractivity contribution is 5.77. The second kappa shape index (κ2) is 6.28.